The molecule has 0 atom stereocenters. The quantitative estimate of drug-likeness (QED) is 0.879. The third-order valence-electron chi connectivity index (χ3n) is 3.18. The smallest absolute Gasteiger partial charge is 0.337 e. The number of rotatable bonds is 4. The first-order valence-corrected chi connectivity index (χ1v) is 8.18. The Morgan fingerprint density at radius 3 is 2.18 bits per heavy atom. The van der Waals surface area contributed by atoms with Gasteiger partial charge in [-0.25, -0.2) is 13.2 Å². The summed E-state index contributed by atoms with van der Waals surface area (Å²) in [5, 5.41) is 10.2. The Bertz CT molecular complexity index is 831. The summed E-state index contributed by atoms with van der Waals surface area (Å²) in [5.74, 6) is -1.28. The molecule has 0 unspecified atom stereocenters. The number of carboxylic acid groups (broad SMARTS) is 1. The van der Waals surface area contributed by atoms with Gasteiger partial charge in [0.05, 0.1) is 15.9 Å². The molecule has 2 aromatic rings. The Hall–Kier alpha value is -2.40. The summed E-state index contributed by atoms with van der Waals surface area (Å²) in [5.41, 5.74) is 1.91. The summed E-state index contributed by atoms with van der Waals surface area (Å²) < 4.78 is 24.8. The minimum atomic E-state index is -3.83. The predicted octanol–water partition coefficient (Wildman–Crippen LogP) is 3.20. The molecule has 0 fully saturated rings. The molecule has 0 amide bonds. The molecule has 0 aromatic heterocycles. The minimum Gasteiger partial charge on any atom is -0.478 e. The number of carbonyl (C=O) groups is 1. The number of aryl methyl sites for hydroxylation is 2. The van der Waals surface area contributed by atoms with E-state index in [4.69, 9.17) is 0 Å². The maximum absolute atomic E-state index is 12.4. The zero-order valence-electron chi connectivity index (χ0n) is 12.3. The molecule has 0 radical (unpaired) electrons. The molecule has 2 aromatic carbocycles. The third-order valence-corrected chi connectivity index (χ3v) is 4.66. The Morgan fingerprint density at radius 2 is 1.64 bits per heavy atom. The van der Waals surface area contributed by atoms with Crippen molar-refractivity contribution in [1.82, 2.24) is 0 Å². The largest absolute Gasteiger partial charge is 0.478 e. The molecule has 0 bridgehead atoms. The average Bonchev–Trinajstić information content (AvgIpc) is 2.45. The molecule has 0 aliphatic carbocycles. The molecule has 1 N–H and O–H groups in total. The van der Waals surface area contributed by atoms with Crippen molar-refractivity contribution < 1.29 is 18.3 Å². The number of hydrogen-bond acceptors (Lipinski definition) is 3. The van der Waals surface area contributed by atoms with Gasteiger partial charge in [0.2, 0.25) is 9.84 Å². The van der Waals surface area contributed by atoms with Crippen molar-refractivity contribution in [2.24, 2.45) is 0 Å². The average molecular weight is 316 g/mol. The highest BCUT2D eigenvalue weighted by Gasteiger charge is 2.18. The van der Waals surface area contributed by atoms with E-state index >= 15 is 0 Å². The van der Waals surface area contributed by atoms with Crippen molar-refractivity contribution in [3.63, 3.8) is 0 Å². The van der Waals surface area contributed by atoms with Gasteiger partial charge < -0.3 is 5.11 Å². The Morgan fingerprint density at radius 1 is 1.00 bits per heavy atom. The molecule has 0 aliphatic heterocycles. The first-order valence-electron chi connectivity index (χ1n) is 6.63. The van der Waals surface area contributed by atoms with Crippen LogP contribution in [-0.2, 0) is 14.6 Å². The molecular weight excluding hydrogens is 300 g/mol. The normalized spacial score (nSPS) is 12.2. The van der Waals surface area contributed by atoms with Gasteiger partial charge in [-0.15, -0.1) is 0 Å². The van der Waals surface area contributed by atoms with E-state index in [-0.39, 0.29) is 10.5 Å². The second-order valence-electron chi connectivity index (χ2n) is 5.06. The summed E-state index contributed by atoms with van der Waals surface area (Å²) in [6.45, 7) is 3.67. The minimum absolute atomic E-state index is 0.0736. The molecule has 0 spiro atoms. The van der Waals surface area contributed by atoms with Crippen molar-refractivity contribution in [3.05, 3.63) is 70.6 Å². The van der Waals surface area contributed by atoms with Gasteiger partial charge in [-0.05, 0) is 31.5 Å². The molecule has 114 valence electrons. The molecule has 2 rings (SSSR count). The Kier molecular flexibility index (Phi) is 4.47. The zero-order chi connectivity index (χ0) is 16.3. The molecule has 4 nitrogen and oxygen atoms in total. The van der Waals surface area contributed by atoms with Crippen LogP contribution in [0.1, 0.15) is 16.7 Å². The zero-order valence-corrected chi connectivity index (χ0v) is 13.1. The van der Waals surface area contributed by atoms with Crippen LogP contribution in [0.5, 0.6) is 0 Å². The van der Waals surface area contributed by atoms with Gasteiger partial charge in [0.25, 0.3) is 0 Å². The van der Waals surface area contributed by atoms with E-state index in [0.717, 1.165) is 16.5 Å². The topological polar surface area (TPSA) is 71.4 Å². The number of sulfone groups is 1. The standard InChI is InChI=1S/C17H16O4S/c1-12-6-8-15(9-7-12)22(20,21)11-16(17(18)19)14-5-3-4-13(2)10-14/h3-11H,1-2H3,(H,18,19)/b16-11+. The van der Waals surface area contributed by atoms with Gasteiger partial charge in [-0.1, -0.05) is 47.5 Å². The van der Waals surface area contributed by atoms with E-state index in [9.17, 15) is 18.3 Å². The van der Waals surface area contributed by atoms with Crippen molar-refractivity contribution >= 4 is 21.4 Å². The fourth-order valence-corrected chi connectivity index (χ4v) is 3.20. The van der Waals surface area contributed by atoms with Crippen molar-refractivity contribution in [2.75, 3.05) is 0 Å². The van der Waals surface area contributed by atoms with Crippen LogP contribution in [-0.4, -0.2) is 19.5 Å². The Balaban J connectivity index is 2.54. The first-order chi connectivity index (χ1) is 10.3. The van der Waals surface area contributed by atoms with E-state index in [1.54, 1.807) is 30.3 Å². The molecular formula is C17H16O4S. The summed E-state index contributed by atoms with van der Waals surface area (Å²) in [6.07, 6.45) is 0. The highest BCUT2D eigenvalue weighted by Crippen LogP contribution is 2.21. The lowest BCUT2D eigenvalue weighted by Gasteiger charge is -2.05. The highest BCUT2D eigenvalue weighted by atomic mass is 32.2. The second kappa shape index (κ2) is 6.15. The van der Waals surface area contributed by atoms with Gasteiger partial charge in [-0.2, -0.15) is 0 Å². The first kappa shape index (κ1) is 16.0. The Labute approximate surface area is 129 Å². The second-order valence-corrected chi connectivity index (χ2v) is 6.86. The fraction of sp³-hybridized carbons (Fsp3) is 0.118. The molecule has 0 saturated carbocycles. The highest BCUT2D eigenvalue weighted by molar-refractivity contribution is 7.94. The van der Waals surface area contributed by atoms with Crippen LogP contribution in [0.2, 0.25) is 0 Å². The van der Waals surface area contributed by atoms with E-state index < -0.39 is 15.8 Å². The SMILES string of the molecule is Cc1ccc(S(=O)(=O)/C=C(/C(=O)O)c2cccc(C)c2)cc1. The van der Waals surface area contributed by atoms with Gasteiger partial charge in [-0.3, -0.25) is 0 Å². The fourth-order valence-electron chi connectivity index (χ4n) is 2.01. The number of carboxylic acids is 1. The van der Waals surface area contributed by atoms with Crippen LogP contribution < -0.4 is 0 Å². The predicted molar refractivity (Wildman–Crippen MR) is 85.2 cm³/mol. The summed E-state index contributed by atoms with van der Waals surface area (Å²) >= 11 is 0. The van der Waals surface area contributed by atoms with E-state index in [1.807, 2.05) is 19.9 Å². The van der Waals surface area contributed by atoms with E-state index in [2.05, 4.69) is 0 Å². The number of hydrogen-bond donors (Lipinski definition) is 1. The molecule has 0 aliphatic rings. The van der Waals surface area contributed by atoms with Crippen LogP contribution in [0.4, 0.5) is 0 Å². The van der Waals surface area contributed by atoms with Crippen LogP contribution in [0.25, 0.3) is 5.57 Å². The summed E-state index contributed by atoms with van der Waals surface area (Å²) in [4.78, 5) is 11.5. The lowest BCUT2D eigenvalue weighted by atomic mass is 10.1. The lowest BCUT2D eigenvalue weighted by Crippen LogP contribution is -2.05. The number of aliphatic carboxylic acids is 1. The van der Waals surface area contributed by atoms with Crippen LogP contribution >= 0.6 is 0 Å². The van der Waals surface area contributed by atoms with E-state index in [0.29, 0.717) is 5.56 Å². The van der Waals surface area contributed by atoms with Crippen molar-refractivity contribution in [1.29, 1.82) is 0 Å². The van der Waals surface area contributed by atoms with Crippen LogP contribution in [0.3, 0.4) is 0 Å². The van der Waals surface area contributed by atoms with Gasteiger partial charge in [0.15, 0.2) is 0 Å². The van der Waals surface area contributed by atoms with Gasteiger partial charge in [0.1, 0.15) is 0 Å². The monoisotopic (exact) mass is 316 g/mol. The van der Waals surface area contributed by atoms with Gasteiger partial charge in [0, 0.05) is 0 Å². The van der Waals surface area contributed by atoms with Gasteiger partial charge >= 0.3 is 5.97 Å². The lowest BCUT2D eigenvalue weighted by molar-refractivity contribution is -0.130. The van der Waals surface area contributed by atoms with Crippen molar-refractivity contribution in [2.45, 2.75) is 18.7 Å². The van der Waals surface area contributed by atoms with Crippen LogP contribution in [0.15, 0.2) is 58.8 Å². The number of benzene rings is 2. The third kappa shape index (κ3) is 3.62. The maximum Gasteiger partial charge on any atom is 0.337 e. The van der Waals surface area contributed by atoms with E-state index in [1.165, 1.54) is 12.1 Å². The maximum atomic E-state index is 12.4. The van der Waals surface area contributed by atoms with Crippen LogP contribution in [0, 0.1) is 13.8 Å². The molecule has 5 heteroatoms. The summed E-state index contributed by atoms with van der Waals surface area (Å²) in [6, 6.07) is 13.0. The van der Waals surface area contributed by atoms with Crippen molar-refractivity contribution in [3.8, 4) is 0 Å². The summed E-state index contributed by atoms with van der Waals surface area (Å²) in [7, 11) is -3.83. The molecule has 22 heavy (non-hydrogen) atoms. The molecule has 0 saturated heterocycles. The molecule has 0 heterocycles.